The van der Waals surface area contributed by atoms with Crippen LogP contribution < -0.4 is 4.18 Å². The second-order valence-electron chi connectivity index (χ2n) is 7.77. The lowest BCUT2D eigenvalue weighted by Crippen LogP contribution is -2.17. The van der Waals surface area contributed by atoms with Gasteiger partial charge in [0.05, 0.1) is 12.5 Å². The van der Waals surface area contributed by atoms with Crippen molar-refractivity contribution in [1.29, 1.82) is 0 Å². The Balaban J connectivity index is 2.13. The summed E-state index contributed by atoms with van der Waals surface area (Å²) in [6.07, 6.45) is 2.89. The Hall–Kier alpha value is -2.48. The second kappa shape index (κ2) is 7.50. The van der Waals surface area contributed by atoms with Crippen molar-refractivity contribution in [3.63, 3.8) is 0 Å². The summed E-state index contributed by atoms with van der Waals surface area (Å²) in [6.45, 7) is 12.4. The maximum Gasteiger partial charge on any atom is 0.342 e. The molecule has 0 atom stereocenters. The van der Waals surface area contributed by atoms with E-state index in [1.807, 2.05) is 19.9 Å². The van der Waals surface area contributed by atoms with Crippen LogP contribution in [-0.2, 0) is 10.1 Å². The highest BCUT2D eigenvalue weighted by Crippen LogP contribution is 2.38. The van der Waals surface area contributed by atoms with Gasteiger partial charge in [0.1, 0.15) is 10.4 Å². The van der Waals surface area contributed by atoms with Crippen molar-refractivity contribution >= 4 is 21.3 Å². The Morgan fingerprint density at radius 2 is 1.61 bits per heavy atom. The van der Waals surface area contributed by atoms with Gasteiger partial charge >= 0.3 is 16.1 Å². The number of aromatic nitrogens is 4. The molecule has 1 aromatic carbocycles. The van der Waals surface area contributed by atoms with E-state index >= 15 is 0 Å². The molecule has 0 amide bonds. The van der Waals surface area contributed by atoms with E-state index < -0.39 is 10.1 Å². The molecule has 3 rings (SSSR count). The molecule has 0 radical (unpaired) electrons. The van der Waals surface area contributed by atoms with E-state index in [0.29, 0.717) is 17.1 Å². The van der Waals surface area contributed by atoms with E-state index in [2.05, 4.69) is 47.6 Å². The zero-order valence-corrected chi connectivity index (χ0v) is 17.8. The average molecular weight is 403 g/mol. The maximum atomic E-state index is 13.1. The van der Waals surface area contributed by atoms with Crippen molar-refractivity contribution in [2.24, 2.45) is 0 Å². The van der Waals surface area contributed by atoms with Gasteiger partial charge in [-0.2, -0.15) is 13.4 Å². The largest absolute Gasteiger partial charge is 0.342 e. The van der Waals surface area contributed by atoms with Crippen molar-refractivity contribution < 1.29 is 12.6 Å². The van der Waals surface area contributed by atoms with E-state index in [0.717, 1.165) is 16.7 Å². The first-order valence-electron chi connectivity index (χ1n) is 9.39. The highest BCUT2D eigenvalue weighted by atomic mass is 32.2. The number of benzene rings is 1. The summed E-state index contributed by atoms with van der Waals surface area (Å²) in [4.78, 5) is 15.1. The molecular formula is C20H26N4O3S. The summed E-state index contributed by atoms with van der Waals surface area (Å²) in [7, 11) is -4.10. The summed E-state index contributed by atoms with van der Waals surface area (Å²) < 4.78 is 31.6. The summed E-state index contributed by atoms with van der Waals surface area (Å²) in [6, 6.07) is 3.30. The third kappa shape index (κ3) is 3.73. The summed E-state index contributed by atoms with van der Waals surface area (Å²) in [5.41, 5.74) is 3.98. The number of H-pyrrole nitrogens is 1. The zero-order valence-electron chi connectivity index (χ0n) is 17.0. The first-order chi connectivity index (χ1) is 13.1. The van der Waals surface area contributed by atoms with Crippen molar-refractivity contribution in [2.45, 2.75) is 64.2 Å². The Labute approximate surface area is 165 Å². The van der Waals surface area contributed by atoms with Crippen LogP contribution in [0.15, 0.2) is 29.6 Å². The third-order valence-electron chi connectivity index (χ3n) is 4.66. The van der Waals surface area contributed by atoms with Crippen molar-refractivity contribution in [3.8, 4) is 6.01 Å². The third-order valence-corrected chi connectivity index (χ3v) is 5.93. The number of nitrogens with zero attached hydrogens (tertiary/aromatic N) is 3. The molecule has 28 heavy (non-hydrogen) atoms. The molecule has 1 N–H and O–H groups in total. The van der Waals surface area contributed by atoms with Crippen molar-refractivity contribution in [1.82, 2.24) is 19.9 Å². The fourth-order valence-corrected chi connectivity index (χ4v) is 4.72. The molecule has 2 heterocycles. The molecule has 3 aromatic rings. The van der Waals surface area contributed by atoms with E-state index in [9.17, 15) is 8.42 Å². The molecule has 8 heteroatoms. The number of hydrogen-bond donors (Lipinski definition) is 1. The Bertz CT molecular complexity index is 1100. The number of hydrogen-bond acceptors (Lipinski definition) is 6. The van der Waals surface area contributed by atoms with Gasteiger partial charge in [0.15, 0.2) is 5.65 Å². The number of fused-ring (bicyclic) bond motifs is 1. The van der Waals surface area contributed by atoms with Crippen molar-refractivity contribution in [3.05, 3.63) is 41.3 Å². The molecule has 0 fully saturated rings. The first-order valence-corrected chi connectivity index (χ1v) is 10.8. The van der Waals surface area contributed by atoms with Gasteiger partial charge in [0, 0.05) is 0 Å². The number of nitrogens with one attached hydrogen (secondary N) is 1. The molecule has 0 aliphatic rings. The van der Waals surface area contributed by atoms with Crippen LogP contribution in [0.25, 0.3) is 11.2 Å². The predicted molar refractivity (Wildman–Crippen MR) is 108 cm³/mol. The van der Waals surface area contributed by atoms with Gasteiger partial charge in [0.2, 0.25) is 0 Å². The molecule has 0 saturated heterocycles. The molecule has 0 aliphatic heterocycles. The predicted octanol–water partition coefficient (Wildman–Crippen LogP) is 4.49. The lowest BCUT2D eigenvalue weighted by atomic mass is 9.83. The SMILES string of the molecule is CC(C)c1ccc(S(=O)(=O)Oc2ncc3nc[nH]c3n2)c(C(C)C)c1C(C)C. The van der Waals surface area contributed by atoms with E-state index in [1.54, 1.807) is 6.07 Å². The van der Waals surface area contributed by atoms with Crippen LogP contribution in [0, 0.1) is 0 Å². The highest BCUT2D eigenvalue weighted by Gasteiger charge is 2.28. The molecule has 2 aromatic heterocycles. The van der Waals surface area contributed by atoms with Gasteiger partial charge in [0.25, 0.3) is 0 Å². The smallest absolute Gasteiger partial charge is 0.339 e. The lowest BCUT2D eigenvalue weighted by molar-refractivity contribution is 0.463. The molecule has 0 unspecified atom stereocenters. The fourth-order valence-electron chi connectivity index (χ4n) is 3.50. The summed E-state index contributed by atoms with van der Waals surface area (Å²) >= 11 is 0. The standard InChI is InChI=1S/C20H26N4O3S/c1-11(2)14-7-8-16(18(13(5)6)17(14)12(3)4)28(25,26)27-20-21-9-15-19(24-20)23-10-22-15/h7-13H,1-6H3,(H,21,22,23,24). The Morgan fingerprint density at radius 1 is 0.929 bits per heavy atom. The summed E-state index contributed by atoms with van der Waals surface area (Å²) in [5.74, 6) is 0.488. The maximum absolute atomic E-state index is 13.1. The van der Waals surface area contributed by atoms with Crippen LogP contribution in [0.4, 0.5) is 0 Å². The quantitative estimate of drug-likeness (QED) is 0.610. The van der Waals surface area contributed by atoms with Crippen LogP contribution >= 0.6 is 0 Å². The van der Waals surface area contributed by atoms with Gasteiger partial charge in [-0.25, -0.2) is 9.97 Å². The summed E-state index contributed by atoms with van der Waals surface area (Å²) in [5, 5.41) is 0. The molecule has 0 bridgehead atoms. The van der Waals surface area contributed by atoms with Gasteiger partial charge in [-0.1, -0.05) is 47.6 Å². The minimum Gasteiger partial charge on any atom is -0.339 e. The molecular weight excluding hydrogens is 376 g/mol. The minimum atomic E-state index is -4.10. The van der Waals surface area contributed by atoms with Crippen LogP contribution in [0.1, 0.15) is 76.0 Å². The fraction of sp³-hybridized carbons (Fsp3) is 0.450. The van der Waals surface area contributed by atoms with E-state index in [1.165, 1.54) is 12.5 Å². The molecule has 0 spiro atoms. The molecule has 0 saturated carbocycles. The lowest BCUT2D eigenvalue weighted by Gasteiger charge is -2.25. The molecule has 0 aliphatic carbocycles. The Morgan fingerprint density at radius 3 is 2.21 bits per heavy atom. The van der Waals surface area contributed by atoms with Crippen LogP contribution in [0.2, 0.25) is 0 Å². The monoisotopic (exact) mass is 402 g/mol. The number of rotatable bonds is 6. The van der Waals surface area contributed by atoms with E-state index in [-0.39, 0.29) is 22.7 Å². The van der Waals surface area contributed by atoms with Gasteiger partial charge < -0.3 is 9.17 Å². The van der Waals surface area contributed by atoms with Crippen molar-refractivity contribution in [2.75, 3.05) is 0 Å². The molecule has 7 nitrogen and oxygen atoms in total. The normalized spacial score (nSPS) is 12.5. The highest BCUT2D eigenvalue weighted by molar-refractivity contribution is 7.87. The second-order valence-corrected chi connectivity index (χ2v) is 9.29. The van der Waals surface area contributed by atoms with Crippen LogP contribution in [-0.4, -0.2) is 28.4 Å². The Kier molecular flexibility index (Phi) is 5.43. The van der Waals surface area contributed by atoms with E-state index in [4.69, 9.17) is 4.18 Å². The number of imidazole rings is 1. The zero-order chi connectivity index (χ0) is 20.6. The average Bonchev–Trinajstić information content (AvgIpc) is 3.07. The number of aromatic amines is 1. The van der Waals surface area contributed by atoms with Crippen LogP contribution in [0.5, 0.6) is 6.01 Å². The molecule has 150 valence electrons. The van der Waals surface area contributed by atoms with Gasteiger partial charge in [-0.05, 0) is 40.5 Å². The first kappa shape index (κ1) is 20.3. The van der Waals surface area contributed by atoms with Gasteiger partial charge in [-0.3, -0.25) is 0 Å². The topological polar surface area (TPSA) is 97.8 Å². The van der Waals surface area contributed by atoms with Gasteiger partial charge in [-0.15, -0.1) is 0 Å². The minimum absolute atomic E-state index is 0.0143. The van der Waals surface area contributed by atoms with Crippen LogP contribution in [0.3, 0.4) is 0 Å².